The Kier molecular flexibility index (Phi) is 3.69. The molecule has 0 aromatic heterocycles. The summed E-state index contributed by atoms with van der Waals surface area (Å²) < 4.78 is 5.99. The Morgan fingerprint density at radius 1 is 1.41 bits per heavy atom. The fraction of sp³-hybridized carbons (Fsp3) is 0.571. The lowest BCUT2D eigenvalue weighted by Gasteiger charge is -2.18. The largest absolute Gasteiger partial charge is 0.487 e. The molecule has 1 aromatic rings. The summed E-state index contributed by atoms with van der Waals surface area (Å²) in [6, 6.07) is 6.33. The number of para-hydroxylation sites is 1. The molecular weight excluding hydrogens is 214 g/mol. The van der Waals surface area contributed by atoms with Crippen LogP contribution >= 0.6 is 0 Å². The van der Waals surface area contributed by atoms with Gasteiger partial charge in [0.2, 0.25) is 0 Å². The molecule has 0 saturated heterocycles. The summed E-state index contributed by atoms with van der Waals surface area (Å²) in [6.07, 6.45) is 1.77. The van der Waals surface area contributed by atoms with Crippen LogP contribution in [-0.2, 0) is 13.0 Å². The predicted molar refractivity (Wildman–Crippen MR) is 68.3 cm³/mol. The third kappa shape index (κ3) is 2.99. The fourth-order valence-corrected chi connectivity index (χ4v) is 2.25. The summed E-state index contributed by atoms with van der Waals surface area (Å²) in [5, 5.41) is 12.0. The van der Waals surface area contributed by atoms with Crippen molar-refractivity contribution in [2.45, 2.75) is 38.8 Å². The number of hydrogen-bond donors (Lipinski definition) is 2. The van der Waals surface area contributed by atoms with Crippen molar-refractivity contribution in [3.63, 3.8) is 0 Å². The molecular formula is C14H21NO2. The van der Waals surface area contributed by atoms with Crippen molar-refractivity contribution in [1.29, 1.82) is 0 Å². The predicted octanol–water partition coefficient (Wildman–Crippen LogP) is 1.87. The molecule has 17 heavy (non-hydrogen) atoms. The highest BCUT2D eigenvalue weighted by Crippen LogP contribution is 2.37. The van der Waals surface area contributed by atoms with Gasteiger partial charge in [0.15, 0.2) is 0 Å². The maximum atomic E-state index is 8.72. The fourth-order valence-electron chi connectivity index (χ4n) is 2.25. The van der Waals surface area contributed by atoms with E-state index in [2.05, 4.69) is 37.4 Å². The van der Waals surface area contributed by atoms with Crippen molar-refractivity contribution in [1.82, 2.24) is 5.32 Å². The Bertz CT molecular complexity index is 388. The topological polar surface area (TPSA) is 41.5 Å². The molecule has 3 heteroatoms. The van der Waals surface area contributed by atoms with E-state index in [9.17, 15) is 0 Å². The van der Waals surface area contributed by atoms with Crippen molar-refractivity contribution >= 4 is 0 Å². The lowest BCUT2D eigenvalue weighted by Crippen LogP contribution is -2.25. The highest BCUT2D eigenvalue weighted by molar-refractivity contribution is 5.45. The molecule has 0 spiro atoms. The quantitative estimate of drug-likeness (QED) is 0.766. The third-order valence-electron chi connectivity index (χ3n) is 3.00. The normalized spacial score (nSPS) is 16.6. The van der Waals surface area contributed by atoms with E-state index in [1.807, 2.05) is 0 Å². The van der Waals surface area contributed by atoms with E-state index in [0.29, 0.717) is 0 Å². The van der Waals surface area contributed by atoms with E-state index < -0.39 is 0 Å². The molecule has 0 fully saturated rings. The molecule has 1 aliphatic heterocycles. The molecule has 2 N–H and O–H groups in total. The lowest BCUT2D eigenvalue weighted by molar-refractivity contribution is 0.137. The van der Waals surface area contributed by atoms with Crippen molar-refractivity contribution in [2.75, 3.05) is 13.2 Å². The second kappa shape index (κ2) is 5.07. The van der Waals surface area contributed by atoms with Crippen LogP contribution in [0.15, 0.2) is 18.2 Å². The number of benzene rings is 1. The summed E-state index contributed by atoms with van der Waals surface area (Å²) in [6.45, 7) is 6.12. The van der Waals surface area contributed by atoms with Gasteiger partial charge in [0.1, 0.15) is 11.4 Å². The highest BCUT2D eigenvalue weighted by Gasteiger charge is 2.31. The zero-order chi connectivity index (χ0) is 12.3. The summed E-state index contributed by atoms with van der Waals surface area (Å²) in [4.78, 5) is 0. The Labute approximate surface area is 103 Å². The summed E-state index contributed by atoms with van der Waals surface area (Å²) >= 11 is 0. The second-order valence-electron chi connectivity index (χ2n) is 5.20. The van der Waals surface area contributed by atoms with Crippen LogP contribution in [0.25, 0.3) is 0 Å². The van der Waals surface area contributed by atoms with Gasteiger partial charge < -0.3 is 15.2 Å². The smallest absolute Gasteiger partial charge is 0.127 e. The van der Waals surface area contributed by atoms with Crippen LogP contribution < -0.4 is 10.1 Å². The zero-order valence-electron chi connectivity index (χ0n) is 10.6. The van der Waals surface area contributed by atoms with Gasteiger partial charge in [-0.1, -0.05) is 18.2 Å². The molecule has 1 aromatic carbocycles. The SMILES string of the molecule is CC1(C)Cc2cccc(CNCCCO)c2O1. The van der Waals surface area contributed by atoms with Crippen LogP contribution in [0.5, 0.6) is 5.75 Å². The van der Waals surface area contributed by atoms with Gasteiger partial charge in [0, 0.05) is 25.1 Å². The number of hydrogen-bond acceptors (Lipinski definition) is 3. The first-order valence-corrected chi connectivity index (χ1v) is 6.24. The monoisotopic (exact) mass is 235 g/mol. The molecule has 0 atom stereocenters. The van der Waals surface area contributed by atoms with Gasteiger partial charge in [-0.15, -0.1) is 0 Å². The van der Waals surface area contributed by atoms with Gasteiger partial charge in [-0.2, -0.15) is 0 Å². The minimum absolute atomic E-state index is 0.0798. The van der Waals surface area contributed by atoms with E-state index in [1.54, 1.807) is 0 Å². The first kappa shape index (κ1) is 12.4. The molecule has 0 aliphatic carbocycles. The number of ether oxygens (including phenoxy) is 1. The molecule has 3 nitrogen and oxygen atoms in total. The molecule has 0 bridgehead atoms. The molecule has 1 heterocycles. The minimum Gasteiger partial charge on any atom is -0.487 e. The van der Waals surface area contributed by atoms with Gasteiger partial charge >= 0.3 is 0 Å². The van der Waals surface area contributed by atoms with Gasteiger partial charge in [0.05, 0.1) is 0 Å². The standard InChI is InChI=1S/C14H21NO2/c1-14(2)9-11-5-3-6-12(13(11)17-14)10-15-7-4-8-16/h3,5-6,15-16H,4,7-10H2,1-2H3. The number of nitrogens with one attached hydrogen (secondary N) is 1. The van der Waals surface area contributed by atoms with Crippen molar-refractivity contribution < 1.29 is 9.84 Å². The molecule has 0 unspecified atom stereocenters. The molecule has 0 amide bonds. The Morgan fingerprint density at radius 2 is 2.24 bits per heavy atom. The Hall–Kier alpha value is -1.06. The molecule has 0 radical (unpaired) electrons. The van der Waals surface area contributed by atoms with Crippen LogP contribution in [0.4, 0.5) is 0 Å². The van der Waals surface area contributed by atoms with E-state index in [-0.39, 0.29) is 12.2 Å². The maximum Gasteiger partial charge on any atom is 0.127 e. The molecule has 94 valence electrons. The summed E-state index contributed by atoms with van der Waals surface area (Å²) in [5.41, 5.74) is 2.44. The highest BCUT2D eigenvalue weighted by atomic mass is 16.5. The van der Waals surface area contributed by atoms with Crippen LogP contribution in [0, 0.1) is 0 Å². The summed E-state index contributed by atoms with van der Waals surface area (Å²) in [7, 11) is 0. The van der Waals surface area contributed by atoms with Crippen LogP contribution in [0.2, 0.25) is 0 Å². The minimum atomic E-state index is -0.0798. The van der Waals surface area contributed by atoms with Crippen molar-refractivity contribution in [3.05, 3.63) is 29.3 Å². The first-order chi connectivity index (χ1) is 8.12. The molecule has 2 rings (SSSR count). The van der Waals surface area contributed by atoms with Crippen LogP contribution in [0.1, 0.15) is 31.4 Å². The second-order valence-corrected chi connectivity index (χ2v) is 5.20. The number of aliphatic hydroxyl groups excluding tert-OH is 1. The number of aliphatic hydroxyl groups is 1. The van der Waals surface area contributed by atoms with Gasteiger partial charge in [-0.3, -0.25) is 0 Å². The number of fused-ring (bicyclic) bond motifs is 1. The first-order valence-electron chi connectivity index (χ1n) is 6.24. The van der Waals surface area contributed by atoms with E-state index in [0.717, 1.165) is 31.7 Å². The third-order valence-corrected chi connectivity index (χ3v) is 3.00. The Morgan fingerprint density at radius 3 is 3.00 bits per heavy atom. The summed E-state index contributed by atoms with van der Waals surface area (Å²) in [5.74, 6) is 1.05. The lowest BCUT2D eigenvalue weighted by atomic mass is 10.0. The zero-order valence-corrected chi connectivity index (χ0v) is 10.6. The maximum absolute atomic E-state index is 8.72. The average Bonchev–Trinajstić information content (AvgIpc) is 2.59. The molecule has 1 aliphatic rings. The van der Waals surface area contributed by atoms with Crippen LogP contribution in [0.3, 0.4) is 0 Å². The van der Waals surface area contributed by atoms with E-state index in [1.165, 1.54) is 11.1 Å². The van der Waals surface area contributed by atoms with Crippen molar-refractivity contribution in [2.24, 2.45) is 0 Å². The van der Waals surface area contributed by atoms with Gasteiger partial charge in [0.25, 0.3) is 0 Å². The Balaban J connectivity index is 2.03. The van der Waals surface area contributed by atoms with Crippen LogP contribution in [-0.4, -0.2) is 23.9 Å². The number of rotatable bonds is 5. The van der Waals surface area contributed by atoms with Gasteiger partial charge in [-0.25, -0.2) is 0 Å². The van der Waals surface area contributed by atoms with E-state index >= 15 is 0 Å². The molecule has 0 saturated carbocycles. The van der Waals surface area contributed by atoms with Crippen molar-refractivity contribution in [3.8, 4) is 5.75 Å². The van der Waals surface area contributed by atoms with Gasteiger partial charge in [-0.05, 0) is 32.4 Å². The van der Waals surface area contributed by atoms with E-state index in [4.69, 9.17) is 9.84 Å². The average molecular weight is 235 g/mol.